The Labute approximate surface area is 172 Å². The lowest BCUT2D eigenvalue weighted by Crippen LogP contribution is -2.46. The number of hydrogen-bond acceptors (Lipinski definition) is 3. The second-order valence-electron chi connectivity index (χ2n) is 7.65. The third-order valence-electron chi connectivity index (χ3n) is 5.43. The van der Waals surface area contributed by atoms with Gasteiger partial charge in [-0.1, -0.05) is 50.1 Å². The predicted molar refractivity (Wildman–Crippen MR) is 110 cm³/mol. The molecule has 0 heterocycles. The van der Waals surface area contributed by atoms with Crippen LogP contribution in [-0.4, -0.2) is 31.2 Å². The Balaban J connectivity index is 1.80. The average molecular weight is 419 g/mol. The van der Waals surface area contributed by atoms with Crippen molar-refractivity contribution in [2.24, 2.45) is 5.92 Å². The largest absolute Gasteiger partial charge is 0.352 e. The highest BCUT2D eigenvalue weighted by Gasteiger charge is 2.29. The van der Waals surface area contributed by atoms with Gasteiger partial charge in [0.1, 0.15) is 5.82 Å². The molecule has 1 aliphatic carbocycles. The van der Waals surface area contributed by atoms with E-state index in [9.17, 15) is 17.6 Å². The molecule has 1 N–H and O–H groups in total. The number of benzene rings is 2. The minimum absolute atomic E-state index is 0.0336. The highest BCUT2D eigenvalue weighted by Crippen LogP contribution is 2.24. The third kappa shape index (κ3) is 5.64. The highest BCUT2D eigenvalue weighted by atomic mass is 32.2. The molecule has 5 nitrogen and oxygen atoms in total. The van der Waals surface area contributed by atoms with Crippen molar-refractivity contribution in [3.8, 4) is 0 Å². The van der Waals surface area contributed by atoms with Crippen molar-refractivity contribution in [2.75, 3.05) is 6.54 Å². The fraction of sp³-hybridized carbons (Fsp3) is 0.409. The van der Waals surface area contributed by atoms with E-state index < -0.39 is 15.8 Å². The summed E-state index contributed by atoms with van der Waals surface area (Å²) in [5.74, 6) is -0.447. The predicted octanol–water partition coefficient (Wildman–Crippen LogP) is 3.71. The number of carbonyl (C=O) groups excluding carboxylic acids is 1. The van der Waals surface area contributed by atoms with Gasteiger partial charge in [0.15, 0.2) is 0 Å². The molecule has 0 saturated heterocycles. The van der Waals surface area contributed by atoms with Crippen LogP contribution in [0, 0.1) is 11.7 Å². The third-order valence-corrected chi connectivity index (χ3v) is 7.24. The molecule has 1 fully saturated rings. The molecule has 1 saturated carbocycles. The summed E-state index contributed by atoms with van der Waals surface area (Å²) in [4.78, 5) is 12.7. The normalized spacial score (nSPS) is 19.8. The van der Waals surface area contributed by atoms with Crippen molar-refractivity contribution >= 4 is 15.9 Å². The van der Waals surface area contributed by atoms with Gasteiger partial charge in [0.25, 0.3) is 0 Å². The van der Waals surface area contributed by atoms with Gasteiger partial charge >= 0.3 is 0 Å². The Hall–Kier alpha value is -2.25. The topological polar surface area (TPSA) is 66.5 Å². The van der Waals surface area contributed by atoms with Gasteiger partial charge in [-0.2, -0.15) is 4.31 Å². The maximum atomic E-state index is 13.3. The first kappa shape index (κ1) is 21.5. The standard InChI is InChI=1S/C22H27FN2O3S/c1-17-7-5-6-10-21(17)24-22(26)16-25(15-18-8-3-2-4-9-18)29(27,28)20-13-11-19(23)12-14-20/h2-4,8-9,11-14,17,21H,5-7,10,15-16H2,1H3,(H,24,26)/t17-,21+/m0/s1. The Morgan fingerprint density at radius 3 is 2.38 bits per heavy atom. The number of hydrogen-bond donors (Lipinski definition) is 1. The van der Waals surface area contributed by atoms with Gasteiger partial charge in [0.2, 0.25) is 15.9 Å². The zero-order valence-corrected chi connectivity index (χ0v) is 17.4. The number of nitrogens with one attached hydrogen (secondary N) is 1. The van der Waals surface area contributed by atoms with Crippen LogP contribution in [0.1, 0.15) is 38.2 Å². The van der Waals surface area contributed by atoms with Crippen molar-refractivity contribution < 1.29 is 17.6 Å². The number of rotatable bonds is 7. The van der Waals surface area contributed by atoms with Gasteiger partial charge in [-0.05, 0) is 48.6 Å². The van der Waals surface area contributed by atoms with Gasteiger partial charge in [0.05, 0.1) is 11.4 Å². The van der Waals surface area contributed by atoms with E-state index >= 15 is 0 Å². The van der Waals surface area contributed by atoms with Gasteiger partial charge in [-0.15, -0.1) is 0 Å². The Bertz CT molecular complexity index is 917. The lowest BCUT2D eigenvalue weighted by atomic mass is 9.86. The SMILES string of the molecule is C[C@H]1CCCC[C@H]1NC(=O)CN(Cc1ccccc1)S(=O)(=O)c1ccc(F)cc1. The second-order valence-corrected chi connectivity index (χ2v) is 9.59. The van der Waals surface area contributed by atoms with E-state index in [0.717, 1.165) is 47.7 Å². The van der Waals surface area contributed by atoms with Crippen LogP contribution in [-0.2, 0) is 21.4 Å². The molecule has 2 aromatic carbocycles. The quantitative estimate of drug-likeness (QED) is 0.745. The summed E-state index contributed by atoms with van der Waals surface area (Å²) in [6, 6.07) is 13.9. The monoisotopic (exact) mass is 418 g/mol. The molecule has 0 unspecified atom stereocenters. The fourth-order valence-corrected chi connectivity index (χ4v) is 5.10. The van der Waals surface area contributed by atoms with Crippen LogP contribution in [0.5, 0.6) is 0 Å². The molecule has 156 valence electrons. The van der Waals surface area contributed by atoms with Crippen LogP contribution < -0.4 is 5.32 Å². The zero-order valence-electron chi connectivity index (χ0n) is 16.6. The summed E-state index contributed by atoms with van der Waals surface area (Å²) < 4.78 is 40.7. The molecule has 29 heavy (non-hydrogen) atoms. The number of nitrogens with zero attached hydrogens (tertiary/aromatic N) is 1. The van der Waals surface area contributed by atoms with E-state index in [0.29, 0.717) is 5.92 Å². The lowest BCUT2D eigenvalue weighted by molar-refractivity contribution is -0.122. The second kappa shape index (κ2) is 9.50. The van der Waals surface area contributed by atoms with Crippen LogP contribution in [0.4, 0.5) is 4.39 Å². The lowest BCUT2D eigenvalue weighted by Gasteiger charge is -2.30. The molecule has 0 aromatic heterocycles. The Morgan fingerprint density at radius 1 is 1.07 bits per heavy atom. The summed E-state index contributed by atoms with van der Waals surface area (Å²) in [5, 5.41) is 3.01. The first-order chi connectivity index (χ1) is 13.9. The van der Waals surface area contributed by atoms with Crippen molar-refractivity contribution in [3.63, 3.8) is 0 Å². The molecule has 0 aliphatic heterocycles. The summed E-state index contributed by atoms with van der Waals surface area (Å²) in [7, 11) is -3.96. The number of sulfonamides is 1. The minimum Gasteiger partial charge on any atom is -0.352 e. The number of carbonyl (C=O) groups is 1. The smallest absolute Gasteiger partial charge is 0.243 e. The minimum atomic E-state index is -3.96. The molecule has 0 radical (unpaired) electrons. The summed E-state index contributed by atoms with van der Waals surface area (Å²) >= 11 is 0. The van der Waals surface area contributed by atoms with E-state index in [1.54, 1.807) is 0 Å². The van der Waals surface area contributed by atoms with Gasteiger partial charge in [-0.25, -0.2) is 12.8 Å². The van der Waals surface area contributed by atoms with Crippen molar-refractivity contribution in [1.29, 1.82) is 0 Å². The molecule has 2 atom stereocenters. The maximum Gasteiger partial charge on any atom is 0.243 e. The Morgan fingerprint density at radius 2 is 1.72 bits per heavy atom. The van der Waals surface area contributed by atoms with Gasteiger partial charge < -0.3 is 5.32 Å². The highest BCUT2D eigenvalue weighted by molar-refractivity contribution is 7.89. The summed E-state index contributed by atoms with van der Waals surface area (Å²) in [6.45, 7) is 1.90. The van der Waals surface area contributed by atoms with Crippen molar-refractivity contribution in [3.05, 3.63) is 66.0 Å². The van der Waals surface area contributed by atoms with E-state index in [2.05, 4.69) is 12.2 Å². The van der Waals surface area contributed by atoms with Crippen LogP contribution in [0.15, 0.2) is 59.5 Å². The van der Waals surface area contributed by atoms with Gasteiger partial charge in [-0.3, -0.25) is 4.79 Å². The molecule has 2 aromatic rings. The number of amides is 1. The molecule has 7 heteroatoms. The van der Waals surface area contributed by atoms with E-state index in [4.69, 9.17) is 0 Å². The summed E-state index contributed by atoms with van der Waals surface area (Å²) in [5.41, 5.74) is 0.775. The molecular weight excluding hydrogens is 391 g/mol. The summed E-state index contributed by atoms with van der Waals surface area (Å²) in [6.07, 6.45) is 4.20. The molecule has 0 spiro atoms. The first-order valence-electron chi connectivity index (χ1n) is 9.95. The maximum absolute atomic E-state index is 13.3. The number of halogens is 1. The molecule has 1 amide bonds. The van der Waals surface area contributed by atoms with Crippen LogP contribution in [0.2, 0.25) is 0 Å². The average Bonchev–Trinajstić information content (AvgIpc) is 2.70. The van der Waals surface area contributed by atoms with Crippen LogP contribution in [0.3, 0.4) is 0 Å². The van der Waals surface area contributed by atoms with E-state index in [1.165, 1.54) is 12.1 Å². The Kier molecular flexibility index (Phi) is 7.03. The van der Waals surface area contributed by atoms with Gasteiger partial charge in [0, 0.05) is 12.6 Å². The molecule has 3 rings (SSSR count). The van der Waals surface area contributed by atoms with Crippen molar-refractivity contribution in [1.82, 2.24) is 9.62 Å². The fourth-order valence-electron chi connectivity index (χ4n) is 3.71. The molecule has 0 bridgehead atoms. The zero-order chi connectivity index (χ0) is 20.9. The van der Waals surface area contributed by atoms with E-state index in [-0.39, 0.29) is 29.9 Å². The van der Waals surface area contributed by atoms with Crippen LogP contribution in [0.25, 0.3) is 0 Å². The van der Waals surface area contributed by atoms with Crippen molar-refractivity contribution in [2.45, 2.75) is 50.1 Å². The first-order valence-corrected chi connectivity index (χ1v) is 11.4. The van der Waals surface area contributed by atoms with Crippen LogP contribution >= 0.6 is 0 Å². The molecular formula is C22H27FN2O3S. The molecule has 1 aliphatic rings. The van der Waals surface area contributed by atoms with E-state index in [1.807, 2.05) is 30.3 Å².